The average Bonchev–Trinajstić information content (AvgIpc) is 2.74. The number of halogens is 1. The van der Waals surface area contributed by atoms with Crippen molar-refractivity contribution in [1.82, 2.24) is 0 Å². The van der Waals surface area contributed by atoms with Crippen molar-refractivity contribution in [1.29, 1.82) is 0 Å². The summed E-state index contributed by atoms with van der Waals surface area (Å²) in [5, 5.41) is 27.3. The minimum absolute atomic E-state index is 0.158. The predicted molar refractivity (Wildman–Crippen MR) is 80.8 cm³/mol. The number of nitrogens with two attached hydrogens (primary N) is 1. The summed E-state index contributed by atoms with van der Waals surface area (Å²) in [7, 11) is -1.38. The molecule has 3 atom stereocenters. The molecule has 5 N–H and O–H groups in total. The fraction of sp³-hybridized carbons (Fsp3) is 0.533. The normalized spacial score (nSPS) is 21.5. The van der Waals surface area contributed by atoms with E-state index in [0.29, 0.717) is 36.0 Å². The van der Waals surface area contributed by atoms with Crippen molar-refractivity contribution < 1.29 is 24.3 Å². The molecule has 1 aromatic rings. The quantitative estimate of drug-likeness (QED) is 0.595. The van der Waals surface area contributed by atoms with Crippen molar-refractivity contribution in [2.75, 3.05) is 0 Å². The van der Waals surface area contributed by atoms with E-state index < -0.39 is 30.9 Å². The van der Waals surface area contributed by atoms with E-state index in [2.05, 4.69) is 0 Å². The fourth-order valence-corrected chi connectivity index (χ4v) is 3.28. The highest BCUT2D eigenvalue weighted by molar-refractivity contribution is 6.40. The second-order valence-electron chi connectivity index (χ2n) is 6.05. The number of hydrogen-bond donors (Lipinski definition) is 4. The van der Waals surface area contributed by atoms with Gasteiger partial charge in [0.1, 0.15) is 5.82 Å². The van der Waals surface area contributed by atoms with Crippen molar-refractivity contribution in [3.05, 3.63) is 34.6 Å². The first kappa shape index (κ1) is 16.9. The van der Waals surface area contributed by atoms with Crippen molar-refractivity contribution in [3.63, 3.8) is 0 Å². The third kappa shape index (κ3) is 3.48. The SMILES string of the molecule is C[C@H](N)c1cc2c(cc1F)C[C@H](CCCB(O)O)[C@@H]2C(=O)O. The Morgan fingerprint density at radius 3 is 2.73 bits per heavy atom. The maximum Gasteiger partial charge on any atom is 0.451 e. The monoisotopic (exact) mass is 309 g/mol. The third-order valence-corrected chi connectivity index (χ3v) is 4.34. The number of carboxylic acid groups (broad SMARTS) is 1. The lowest BCUT2D eigenvalue weighted by atomic mass is 9.80. The van der Waals surface area contributed by atoms with Gasteiger partial charge in [0.15, 0.2) is 0 Å². The van der Waals surface area contributed by atoms with Gasteiger partial charge in [-0.25, -0.2) is 4.39 Å². The van der Waals surface area contributed by atoms with Gasteiger partial charge < -0.3 is 20.9 Å². The van der Waals surface area contributed by atoms with Gasteiger partial charge in [0.2, 0.25) is 0 Å². The lowest BCUT2D eigenvalue weighted by Crippen LogP contribution is -2.19. The molecule has 0 amide bonds. The molecular formula is C15H21BFNO4. The highest BCUT2D eigenvalue weighted by Gasteiger charge is 2.38. The Morgan fingerprint density at radius 1 is 1.50 bits per heavy atom. The molecule has 0 radical (unpaired) electrons. The molecule has 0 unspecified atom stereocenters. The number of rotatable bonds is 6. The van der Waals surface area contributed by atoms with Crippen molar-refractivity contribution in [2.45, 2.75) is 44.5 Å². The molecule has 5 nitrogen and oxygen atoms in total. The maximum absolute atomic E-state index is 14.0. The van der Waals surface area contributed by atoms with Crippen LogP contribution in [0.4, 0.5) is 4.39 Å². The molecule has 0 heterocycles. The molecule has 22 heavy (non-hydrogen) atoms. The van der Waals surface area contributed by atoms with E-state index in [4.69, 9.17) is 15.8 Å². The van der Waals surface area contributed by atoms with Gasteiger partial charge in [0.05, 0.1) is 5.92 Å². The first-order valence-electron chi connectivity index (χ1n) is 7.48. The molecule has 0 spiro atoms. The Kier molecular flexibility index (Phi) is 5.21. The summed E-state index contributed by atoms with van der Waals surface area (Å²) in [5.74, 6) is -2.18. The van der Waals surface area contributed by atoms with Crippen LogP contribution in [0.3, 0.4) is 0 Å². The van der Waals surface area contributed by atoms with Crippen LogP contribution in [0.15, 0.2) is 12.1 Å². The molecule has 0 saturated heterocycles. The zero-order valence-corrected chi connectivity index (χ0v) is 12.5. The van der Waals surface area contributed by atoms with Crippen LogP contribution in [0.25, 0.3) is 0 Å². The molecule has 2 rings (SSSR count). The van der Waals surface area contributed by atoms with E-state index in [9.17, 15) is 14.3 Å². The Morgan fingerprint density at radius 2 is 2.18 bits per heavy atom. The van der Waals surface area contributed by atoms with E-state index in [1.54, 1.807) is 13.0 Å². The second kappa shape index (κ2) is 6.77. The summed E-state index contributed by atoms with van der Waals surface area (Å²) in [4.78, 5) is 11.6. The smallest absolute Gasteiger partial charge is 0.451 e. The predicted octanol–water partition coefficient (Wildman–Crippen LogP) is 1.44. The van der Waals surface area contributed by atoms with Crippen LogP contribution in [0.1, 0.15) is 48.4 Å². The van der Waals surface area contributed by atoms with Crippen molar-refractivity contribution in [3.8, 4) is 0 Å². The maximum atomic E-state index is 14.0. The molecule has 0 aliphatic heterocycles. The molecule has 0 fully saturated rings. The zero-order valence-electron chi connectivity index (χ0n) is 12.5. The van der Waals surface area contributed by atoms with Gasteiger partial charge in [-0.3, -0.25) is 4.79 Å². The highest BCUT2D eigenvalue weighted by Crippen LogP contribution is 2.42. The summed E-state index contributed by atoms with van der Waals surface area (Å²) in [6.07, 6.45) is 1.77. The zero-order chi connectivity index (χ0) is 16.4. The lowest BCUT2D eigenvalue weighted by molar-refractivity contribution is -0.139. The minimum atomic E-state index is -1.38. The number of fused-ring (bicyclic) bond motifs is 1. The van der Waals surface area contributed by atoms with Gasteiger partial charge in [-0.15, -0.1) is 0 Å². The van der Waals surface area contributed by atoms with Crippen LogP contribution in [0, 0.1) is 11.7 Å². The third-order valence-electron chi connectivity index (χ3n) is 4.34. The standard InChI is InChI=1S/C15H21BFNO4/c1-8(18)11-7-12-10(6-13(11)17)5-9(14(12)15(19)20)3-2-4-16(21)22/h6-9,14,21-22H,2-5,18H2,1H3,(H,19,20)/t8-,9-,14-/m0/s1. The summed E-state index contributed by atoms with van der Waals surface area (Å²) >= 11 is 0. The number of carboxylic acids is 1. The van der Waals surface area contributed by atoms with E-state index in [1.165, 1.54) is 6.07 Å². The van der Waals surface area contributed by atoms with Crippen LogP contribution in [-0.2, 0) is 11.2 Å². The van der Waals surface area contributed by atoms with Crippen molar-refractivity contribution in [2.24, 2.45) is 11.7 Å². The van der Waals surface area contributed by atoms with Crippen LogP contribution < -0.4 is 5.73 Å². The first-order chi connectivity index (χ1) is 10.3. The highest BCUT2D eigenvalue weighted by atomic mass is 19.1. The average molecular weight is 309 g/mol. The molecule has 1 aromatic carbocycles. The molecule has 1 aliphatic rings. The Hall–Kier alpha value is -1.44. The number of hydrogen-bond acceptors (Lipinski definition) is 4. The summed E-state index contributed by atoms with van der Waals surface area (Å²) in [6.45, 7) is 1.66. The molecule has 0 bridgehead atoms. The van der Waals surface area contributed by atoms with Crippen LogP contribution in [-0.4, -0.2) is 28.2 Å². The largest absolute Gasteiger partial charge is 0.481 e. The molecule has 7 heteroatoms. The molecule has 120 valence electrons. The molecule has 0 saturated carbocycles. The Bertz CT molecular complexity index is 565. The van der Waals surface area contributed by atoms with Crippen LogP contribution >= 0.6 is 0 Å². The second-order valence-corrected chi connectivity index (χ2v) is 6.05. The first-order valence-corrected chi connectivity index (χ1v) is 7.48. The number of carbonyl (C=O) groups is 1. The molecule has 1 aliphatic carbocycles. The van der Waals surface area contributed by atoms with Gasteiger partial charge >= 0.3 is 13.1 Å². The lowest BCUT2D eigenvalue weighted by Gasteiger charge is -2.17. The van der Waals surface area contributed by atoms with Gasteiger partial charge in [-0.1, -0.05) is 12.5 Å². The number of benzene rings is 1. The van der Waals surface area contributed by atoms with E-state index >= 15 is 0 Å². The van der Waals surface area contributed by atoms with Gasteiger partial charge in [0, 0.05) is 11.6 Å². The van der Waals surface area contributed by atoms with E-state index in [1.807, 2.05) is 0 Å². The topological polar surface area (TPSA) is 104 Å². The molecule has 0 aromatic heterocycles. The Labute approximate surface area is 129 Å². The van der Waals surface area contributed by atoms with Crippen LogP contribution in [0.5, 0.6) is 0 Å². The summed E-state index contributed by atoms with van der Waals surface area (Å²) in [6, 6.07) is 2.48. The van der Waals surface area contributed by atoms with Gasteiger partial charge in [0.25, 0.3) is 0 Å². The number of aliphatic carboxylic acids is 1. The summed E-state index contributed by atoms with van der Waals surface area (Å²) in [5.41, 5.74) is 7.41. The summed E-state index contributed by atoms with van der Waals surface area (Å²) < 4.78 is 14.0. The van der Waals surface area contributed by atoms with E-state index in [0.717, 1.165) is 0 Å². The van der Waals surface area contributed by atoms with Gasteiger partial charge in [-0.05, 0) is 49.2 Å². The Balaban J connectivity index is 2.25. The van der Waals surface area contributed by atoms with Crippen molar-refractivity contribution >= 4 is 13.1 Å². The minimum Gasteiger partial charge on any atom is -0.481 e. The van der Waals surface area contributed by atoms with Gasteiger partial charge in [-0.2, -0.15) is 0 Å². The fourth-order valence-electron chi connectivity index (χ4n) is 3.28. The molecular weight excluding hydrogens is 288 g/mol. The van der Waals surface area contributed by atoms with E-state index in [-0.39, 0.29) is 12.2 Å². The van der Waals surface area contributed by atoms with Crippen LogP contribution in [0.2, 0.25) is 6.32 Å².